The van der Waals surface area contributed by atoms with Gasteiger partial charge in [0.05, 0.1) is 24.2 Å². The molecule has 1 aromatic heterocycles. The van der Waals surface area contributed by atoms with Crippen molar-refractivity contribution in [3.05, 3.63) is 53.6 Å². The van der Waals surface area contributed by atoms with Crippen LogP contribution in [0, 0.1) is 6.92 Å². The molecule has 0 saturated heterocycles. The van der Waals surface area contributed by atoms with Crippen LogP contribution >= 0.6 is 0 Å². The van der Waals surface area contributed by atoms with Gasteiger partial charge in [-0.15, -0.1) is 0 Å². The van der Waals surface area contributed by atoms with Crippen LogP contribution < -0.4 is 4.74 Å². The molecule has 0 aliphatic rings. The quantitative estimate of drug-likeness (QED) is 0.896. The molecule has 0 bridgehead atoms. The van der Waals surface area contributed by atoms with Crippen LogP contribution in [0.15, 0.2) is 36.7 Å². The first-order valence-electron chi connectivity index (χ1n) is 5.90. The lowest BCUT2D eigenvalue weighted by Crippen LogP contribution is -2.06. The van der Waals surface area contributed by atoms with Gasteiger partial charge in [0.2, 0.25) is 0 Å². The molecule has 1 N–H and O–H groups in total. The normalized spacial score (nSPS) is 12.2. The molecule has 1 aromatic carbocycles. The molecule has 4 heteroatoms. The summed E-state index contributed by atoms with van der Waals surface area (Å²) in [5.74, 6) is 0.676. The van der Waals surface area contributed by atoms with Gasteiger partial charge in [-0.2, -0.15) is 0 Å². The van der Waals surface area contributed by atoms with Gasteiger partial charge in [0.15, 0.2) is 0 Å². The molecule has 1 unspecified atom stereocenters. The van der Waals surface area contributed by atoms with Gasteiger partial charge in [-0.05, 0) is 19.9 Å². The maximum absolute atomic E-state index is 10.3. The van der Waals surface area contributed by atoms with Crippen molar-refractivity contribution < 1.29 is 9.84 Å². The van der Waals surface area contributed by atoms with Crippen molar-refractivity contribution in [2.45, 2.75) is 20.0 Å². The highest BCUT2D eigenvalue weighted by molar-refractivity contribution is 5.38. The number of benzene rings is 1. The van der Waals surface area contributed by atoms with Gasteiger partial charge in [-0.1, -0.05) is 18.2 Å². The van der Waals surface area contributed by atoms with Crippen molar-refractivity contribution >= 4 is 0 Å². The van der Waals surface area contributed by atoms with E-state index >= 15 is 0 Å². The Labute approximate surface area is 106 Å². The lowest BCUT2D eigenvalue weighted by atomic mass is 10.1. The van der Waals surface area contributed by atoms with Crippen molar-refractivity contribution in [2.24, 2.45) is 0 Å². The summed E-state index contributed by atoms with van der Waals surface area (Å²) in [5.41, 5.74) is 2.05. The highest BCUT2D eigenvalue weighted by Crippen LogP contribution is 2.28. The summed E-state index contributed by atoms with van der Waals surface area (Å²) in [4.78, 5) is 8.33. The van der Waals surface area contributed by atoms with Gasteiger partial charge in [0.1, 0.15) is 11.9 Å². The lowest BCUT2D eigenvalue weighted by Gasteiger charge is -2.14. The Hall–Kier alpha value is -1.94. The van der Waals surface area contributed by atoms with E-state index < -0.39 is 6.10 Å². The summed E-state index contributed by atoms with van der Waals surface area (Å²) in [7, 11) is 0. The Kier molecular flexibility index (Phi) is 3.89. The molecular formula is C14H16N2O2. The Bertz CT molecular complexity index is 511. The molecule has 2 rings (SSSR count). The van der Waals surface area contributed by atoms with E-state index in [2.05, 4.69) is 9.97 Å². The van der Waals surface area contributed by atoms with E-state index in [0.29, 0.717) is 23.6 Å². The van der Waals surface area contributed by atoms with E-state index in [-0.39, 0.29) is 0 Å². The van der Waals surface area contributed by atoms with Crippen molar-refractivity contribution in [3.8, 4) is 5.75 Å². The molecule has 0 aliphatic carbocycles. The van der Waals surface area contributed by atoms with Crippen LogP contribution in [0.1, 0.15) is 30.0 Å². The van der Waals surface area contributed by atoms with Crippen molar-refractivity contribution in [3.63, 3.8) is 0 Å². The third kappa shape index (κ3) is 2.65. The average molecular weight is 244 g/mol. The summed E-state index contributed by atoms with van der Waals surface area (Å²) in [6, 6.07) is 7.41. The number of nitrogens with zero attached hydrogens (tertiary/aromatic N) is 2. The molecule has 0 radical (unpaired) electrons. The third-order valence-corrected chi connectivity index (χ3v) is 2.59. The molecule has 0 fully saturated rings. The number of aliphatic hydroxyl groups is 1. The van der Waals surface area contributed by atoms with Gasteiger partial charge in [0, 0.05) is 11.8 Å². The molecule has 0 saturated carbocycles. The SMILES string of the molecule is CCOc1ccccc1C(O)c1cnc(C)cn1. The van der Waals surface area contributed by atoms with Gasteiger partial charge in [-0.3, -0.25) is 9.97 Å². The average Bonchev–Trinajstić information content (AvgIpc) is 2.40. The molecule has 1 atom stereocenters. The van der Waals surface area contributed by atoms with Gasteiger partial charge < -0.3 is 9.84 Å². The maximum atomic E-state index is 10.3. The number of ether oxygens (including phenoxy) is 1. The first-order valence-corrected chi connectivity index (χ1v) is 5.90. The van der Waals surface area contributed by atoms with Gasteiger partial charge in [-0.25, -0.2) is 0 Å². The van der Waals surface area contributed by atoms with Crippen LogP contribution in [0.2, 0.25) is 0 Å². The second-order valence-corrected chi connectivity index (χ2v) is 3.96. The standard InChI is InChI=1S/C14H16N2O2/c1-3-18-13-7-5-4-6-11(13)14(17)12-9-15-10(2)8-16-12/h4-9,14,17H,3H2,1-2H3. The van der Waals surface area contributed by atoms with E-state index in [4.69, 9.17) is 4.74 Å². The third-order valence-electron chi connectivity index (χ3n) is 2.59. The van der Waals surface area contributed by atoms with E-state index in [9.17, 15) is 5.11 Å². The molecule has 0 spiro atoms. The molecular weight excluding hydrogens is 228 g/mol. The predicted octanol–water partition coefficient (Wildman–Crippen LogP) is 2.27. The van der Waals surface area contributed by atoms with Crippen LogP contribution in [0.3, 0.4) is 0 Å². The summed E-state index contributed by atoms with van der Waals surface area (Å²) in [5, 5.41) is 10.3. The number of aryl methyl sites for hydroxylation is 1. The largest absolute Gasteiger partial charge is 0.493 e. The molecule has 18 heavy (non-hydrogen) atoms. The first-order chi connectivity index (χ1) is 8.72. The zero-order chi connectivity index (χ0) is 13.0. The molecule has 94 valence electrons. The summed E-state index contributed by atoms with van der Waals surface area (Å²) in [6.07, 6.45) is 2.41. The fourth-order valence-corrected chi connectivity index (χ4v) is 1.70. The summed E-state index contributed by atoms with van der Waals surface area (Å²) >= 11 is 0. The second kappa shape index (κ2) is 5.60. The minimum atomic E-state index is -0.819. The van der Waals surface area contributed by atoms with Crippen LogP contribution in [-0.2, 0) is 0 Å². The Morgan fingerprint density at radius 2 is 2.00 bits per heavy atom. The van der Waals surface area contributed by atoms with E-state index in [1.54, 1.807) is 12.4 Å². The number of aliphatic hydroxyl groups excluding tert-OH is 1. The van der Waals surface area contributed by atoms with E-state index in [0.717, 1.165) is 5.69 Å². The monoisotopic (exact) mass is 244 g/mol. The minimum Gasteiger partial charge on any atom is -0.493 e. The number of hydrogen-bond acceptors (Lipinski definition) is 4. The number of para-hydroxylation sites is 1. The minimum absolute atomic E-state index is 0.521. The fraction of sp³-hybridized carbons (Fsp3) is 0.286. The molecule has 1 heterocycles. The predicted molar refractivity (Wildman–Crippen MR) is 68.4 cm³/mol. The summed E-state index contributed by atoms with van der Waals surface area (Å²) in [6.45, 7) is 4.33. The smallest absolute Gasteiger partial charge is 0.126 e. The van der Waals surface area contributed by atoms with E-state index in [1.807, 2.05) is 38.1 Å². The molecule has 2 aromatic rings. The first kappa shape index (κ1) is 12.5. The zero-order valence-corrected chi connectivity index (χ0v) is 10.5. The van der Waals surface area contributed by atoms with Crippen LogP contribution in [-0.4, -0.2) is 21.7 Å². The highest BCUT2D eigenvalue weighted by Gasteiger charge is 2.16. The van der Waals surface area contributed by atoms with Crippen molar-refractivity contribution in [1.29, 1.82) is 0 Å². The van der Waals surface area contributed by atoms with Crippen LogP contribution in [0.5, 0.6) is 5.75 Å². The van der Waals surface area contributed by atoms with E-state index in [1.165, 1.54) is 0 Å². The highest BCUT2D eigenvalue weighted by atomic mass is 16.5. The molecule has 4 nitrogen and oxygen atoms in total. The lowest BCUT2D eigenvalue weighted by molar-refractivity contribution is 0.207. The summed E-state index contributed by atoms with van der Waals surface area (Å²) < 4.78 is 5.50. The topological polar surface area (TPSA) is 55.2 Å². The zero-order valence-electron chi connectivity index (χ0n) is 10.5. The molecule has 0 aliphatic heterocycles. The molecule has 0 amide bonds. The number of rotatable bonds is 4. The Morgan fingerprint density at radius 1 is 1.22 bits per heavy atom. The number of aromatic nitrogens is 2. The van der Waals surface area contributed by atoms with Gasteiger partial charge >= 0.3 is 0 Å². The van der Waals surface area contributed by atoms with Crippen LogP contribution in [0.25, 0.3) is 0 Å². The fourth-order valence-electron chi connectivity index (χ4n) is 1.70. The Balaban J connectivity index is 2.33. The van der Waals surface area contributed by atoms with Crippen molar-refractivity contribution in [2.75, 3.05) is 6.61 Å². The number of hydrogen-bond donors (Lipinski definition) is 1. The second-order valence-electron chi connectivity index (χ2n) is 3.96. The van der Waals surface area contributed by atoms with Crippen LogP contribution in [0.4, 0.5) is 0 Å². The maximum Gasteiger partial charge on any atom is 0.126 e. The van der Waals surface area contributed by atoms with Crippen molar-refractivity contribution in [1.82, 2.24) is 9.97 Å². The Morgan fingerprint density at radius 3 is 2.67 bits per heavy atom. The van der Waals surface area contributed by atoms with Gasteiger partial charge in [0.25, 0.3) is 0 Å².